The molecule has 2 N–H and O–H groups in total. The summed E-state index contributed by atoms with van der Waals surface area (Å²) in [6, 6.07) is 9.39. The number of anilines is 1. The van der Waals surface area contributed by atoms with Gasteiger partial charge in [0.1, 0.15) is 5.75 Å². The van der Waals surface area contributed by atoms with Crippen LogP contribution in [0.2, 0.25) is 0 Å². The van der Waals surface area contributed by atoms with Gasteiger partial charge in [0.05, 0.1) is 18.4 Å². The molecule has 0 spiro atoms. The molecule has 5 heteroatoms. The summed E-state index contributed by atoms with van der Waals surface area (Å²) < 4.78 is 5.76. The average molecular weight is 285 g/mol. The molecule has 0 saturated carbocycles. The highest BCUT2D eigenvalue weighted by atomic mass is 16.5. The van der Waals surface area contributed by atoms with Crippen LogP contribution < -0.4 is 15.4 Å². The number of rotatable bonds is 5. The predicted molar refractivity (Wildman–Crippen MR) is 82.8 cm³/mol. The van der Waals surface area contributed by atoms with Crippen LogP contribution in [-0.4, -0.2) is 24.5 Å². The lowest BCUT2D eigenvalue weighted by Gasteiger charge is -2.10. The summed E-state index contributed by atoms with van der Waals surface area (Å²) in [4.78, 5) is 15.6. The molecule has 5 nitrogen and oxygen atoms in total. The number of hydrogen-bond acceptors (Lipinski definition) is 4. The fourth-order valence-corrected chi connectivity index (χ4v) is 1.83. The first-order valence-electron chi connectivity index (χ1n) is 6.74. The van der Waals surface area contributed by atoms with E-state index in [0.717, 1.165) is 11.3 Å². The highest BCUT2D eigenvalue weighted by Crippen LogP contribution is 2.25. The van der Waals surface area contributed by atoms with Crippen LogP contribution in [-0.2, 0) is 4.79 Å². The van der Waals surface area contributed by atoms with Crippen molar-refractivity contribution in [3.63, 3.8) is 0 Å². The van der Waals surface area contributed by atoms with E-state index in [1.165, 1.54) is 5.56 Å². The van der Waals surface area contributed by atoms with Crippen LogP contribution in [0.25, 0.3) is 0 Å². The summed E-state index contributed by atoms with van der Waals surface area (Å²) >= 11 is 0. The number of nitrogens with zero attached hydrogens (tertiary/aromatic N) is 1. The number of carbonyl (C=O) groups excluding carboxylic acids is 1. The largest absolute Gasteiger partial charge is 0.439 e. The maximum Gasteiger partial charge on any atom is 0.238 e. The zero-order chi connectivity index (χ0) is 15.2. The number of amides is 1. The van der Waals surface area contributed by atoms with Gasteiger partial charge in [-0.15, -0.1) is 0 Å². The van der Waals surface area contributed by atoms with Gasteiger partial charge in [-0.3, -0.25) is 4.79 Å². The Hall–Kier alpha value is -2.40. The van der Waals surface area contributed by atoms with Gasteiger partial charge in [-0.1, -0.05) is 12.1 Å². The summed E-state index contributed by atoms with van der Waals surface area (Å²) in [6.45, 7) is 4.31. The summed E-state index contributed by atoms with van der Waals surface area (Å²) in [7, 11) is 1.72. The second kappa shape index (κ2) is 6.85. The number of ether oxygens (including phenoxy) is 1. The molecular formula is C16H19N3O2. The van der Waals surface area contributed by atoms with Crippen LogP contribution in [0, 0.1) is 13.8 Å². The van der Waals surface area contributed by atoms with Crippen LogP contribution in [0.5, 0.6) is 11.6 Å². The van der Waals surface area contributed by atoms with Gasteiger partial charge in [0.25, 0.3) is 0 Å². The SMILES string of the molecule is CNCC(=O)Nc1ccc(Oc2cccc(C)c2C)nc1. The molecule has 0 atom stereocenters. The highest BCUT2D eigenvalue weighted by Gasteiger charge is 2.05. The van der Waals surface area contributed by atoms with Gasteiger partial charge < -0.3 is 15.4 Å². The summed E-state index contributed by atoms with van der Waals surface area (Å²) in [6.07, 6.45) is 1.58. The molecule has 0 fully saturated rings. The van der Waals surface area contributed by atoms with Crippen molar-refractivity contribution in [1.29, 1.82) is 0 Å². The molecule has 0 bridgehead atoms. The predicted octanol–water partition coefficient (Wildman–Crippen LogP) is 2.65. The molecule has 21 heavy (non-hydrogen) atoms. The minimum atomic E-state index is -0.109. The molecule has 2 rings (SSSR count). The lowest BCUT2D eigenvalue weighted by molar-refractivity contribution is -0.115. The molecule has 0 saturated heterocycles. The Bertz CT molecular complexity index is 624. The van der Waals surface area contributed by atoms with Crippen molar-refractivity contribution in [3.05, 3.63) is 47.7 Å². The monoisotopic (exact) mass is 285 g/mol. The molecule has 2 aromatic rings. The van der Waals surface area contributed by atoms with Crippen molar-refractivity contribution in [2.75, 3.05) is 18.9 Å². The normalized spacial score (nSPS) is 10.2. The van der Waals surface area contributed by atoms with Crippen molar-refractivity contribution in [3.8, 4) is 11.6 Å². The molecular weight excluding hydrogens is 266 g/mol. The van der Waals surface area contributed by atoms with E-state index in [4.69, 9.17) is 4.74 Å². The van der Waals surface area contributed by atoms with E-state index in [1.807, 2.05) is 32.0 Å². The van der Waals surface area contributed by atoms with Gasteiger partial charge >= 0.3 is 0 Å². The first-order valence-corrected chi connectivity index (χ1v) is 6.74. The molecule has 0 unspecified atom stereocenters. The fourth-order valence-electron chi connectivity index (χ4n) is 1.83. The average Bonchev–Trinajstić information content (AvgIpc) is 2.46. The summed E-state index contributed by atoms with van der Waals surface area (Å²) in [5.41, 5.74) is 2.90. The smallest absolute Gasteiger partial charge is 0.238 e. The Balaban J connectivity index is 2.05. The van der Waals surface area contributed by atoms with E-state index in [1.54, 1.807) is 25.4 Å². The Morgan fingerprint density at radius 1 is 1.24 bits per heavy atom. The van der Waals surface area contributed by atoms with Crippen LogP contribution in [0.15, 0.2) is 36.5 Å². The molecule has 0 aliphatic heterocycles. The number of benzene rings is 1. The van der Waals surface area contributed by atoms with E-state index < -0.39 is 0 Å². The third kappa shape index (κ3) is 4.03. The quantitative estimate of drug-likeness (QED) is 0.886. The number of likely N-dealkylation sites (N-methyl/N-ethyl adjacent to an activating group) is 1. The van der Waals surface area contributed by atoms with E-state index in [-0.39, 0.29) is 12.5 Å². The van der Waals surface area contributed by atoms with Gasteiger partial charge in [-0.2, -0.15) is 0 Å². The van der Waals surface area contributed by atoms with Crippen LogP contribution in [0.1, 0.15) is 11.1 Å². The number of nitrogens with one attached hydrogen (secondary N) is 2. The number of pyridine rings is 1. The first kappa shape index (κ1) is 15.0. The third-order valence-electron chi connectivity index (χ3n) is 3.13. The lowest BCUT2D eigenvalue weighted by Crippen LogP contribution is -2.25. The molecule has 0 radical (unpaired) electrons. The molecule has 1 amide bonds. The minimum Gasteiger partial charge on any atom is -0.439 e. The third-order valence-corrected chi connectivity index (χ3v) is 3.13. The number of aromatic nitrogens is 1. The summed E-state index contributed by atoms with van der Waals surface area (Å²) in [5.74, 6) is 1.17. The van der Waals surface area contributed by atoms with E-state index in [2.05, 4.69) is 15.6 Å². The van der Waals surface area contributed by atoms with E-state index in [9.17, 15) is 4.79 Å². The Kier molecular flexibility index (Phi) is 4.90. The number of carbonyl (C=O) groups is 1. The van der Waals surface area contributed by atoms with Gasteiger partial charge in [-0.25, -0.2) is 4.98 Å². The highest BCUT2D eigenvalue weighted by molar-refractivity contribution is 5.92. The van der Waals surface area contributed by atoms with Crippen molar-refractivity contribution in [2.45, 2.75) is 13.8 Å². The van der Waals surface area contributed by atoms with Crippen LogP contribution in [0.4, 0.5) is 5.69 Å². The summed E-state index contributed by atoms with van der Waals surface area (Å²) in [5, 5.41) is 5.52. The zero-order valence-electron chi connectivity index (χ0n) is 12.4. The molecule has 0 aliphatic rings. The Labute approximate surface area is 124 Å². The van der Waals surface area contributed by atoms with Gasteiger partial charge in [0, 0.05) is 6.07 Å². The minimum absolute atomic E-state index is 0.109. The molecule has 0 aliphatic carbocycles. The van der Waals surface area contributed by atoms with Gasteiger partial charge in [-0.05, 0) is 44.2 Å². The fraction of sp³-hybridized carbons (Fsp3) is 0.250. The molecule has 1 heterocycles. The number of hydrogen-bond donors (Lipinski definition) is 2. The molecule has 1 aromatic carbocycles. The first-order chi connectivity index (χ1) is 10.1. The standard InChI is InChI=1S/C16H19N3O2/c1-11-5-4-6-14(12(11)2)21-16-8-7-13(9-18-16)19-15(20)10-17-3/h4-9,17H,10H2,1-3H3,(H,19,20). The Morgan fingerprint density at radius 2 is 2.05 bits per heavy atom. The van der Waals surface area contributed by atoms with Gasteiger partial charge in [0.2, 0.25) is 11.8 Å². The van der Waals surface area contributed by atoms with Crippen LogP contribution in [0.3, 0.4) is 0 Å². The van der Waals surface area contributed by atoms with Crippen molar-refractivity contribution < 1.29 is 9.53 Å². The maximum atomic E-state index is 11.4. The van der Waals surface area contributed by atoms with Crippen molar-refractivity contribution in [2.24, 2.45) is 0 Å². The molecule has 1 aromatic heterocycles. The van der Waals surface area contributed by atoms with E-state index >= 15 is 0 Å². The Morgan fingerprint density at radius 3 is 2.71 bits per heavy atom. The maximum absolute atomic E-state index is 11.4. The second-order valence-corrected chi connectivity index (χ2v) is 4.76. The number of aryl methyl sites for hydroxylation is 1. The zero-order valence-corrected chi connectivity index (χ0v) is 12.4. The second-order valence-electron chi connectivity index (χ2n) is 4.76. The topological polar surface area (TPSA) is 63.2 Å². The van der Waals surface area contributed by atoms with Crippen molar-refractivity contribution in [1.82, 2.24) is 10.3 Å². The van der Waals surface area contributed by atoms with E-state index in [0.29, 0.717) is 11.6 Å². The van der Waals surface area contributed by atoms with Gasteiger partial charge in [0.15, 0.2) is 0 Å². The lowest BCUT2D eigenvalue weighted by atomic mass is 10.1. The molecule has 110 valence electrons. The van der Waals surface area contributed by atoms with Crippen LogP contribution >= 0.6 is 0 Å². The van der Waals surface area contributed by atoms with Crippen molar-refractivity contribution >= 4 is 11.6 Å².